The topological polar surface area (TPSA) is 71.1 Å². The van der Waals surface area contributed by atoms with Crippen LogP contribution in [0.4, 0.5) is 4.39 Å². The highest BCUT2D eigenvalue weighted by atomic mass is 19.1. The molecule has 0 bridgehead atoms. The average molecular weight is 416 g/mol. The number of hydrogen-bond donors (Lipinski definition) is 1. The first kappa shape index (κ1) is 19.2. The van der Waals surface area contributed by atoms with Gasteiger partial charge < -0.3 is 9.64 Å². The number of nitrogens with one attached hydrogen (secondary N) is 1. The maximum Gasteiger partial charge on any atom is 0.271 e. The van der Waals surface area contributed by atoms with Crippen LogP contribution in [0.15, 0.2) is 66.9 Å². The Balaban J connectivity index is 1.22. The molecule has 0 unspecified atom stereocenters. The minimum Gasteiger partial charge on any atom is -0.488 e. The molecule has 2 aromatic heterocycles. The number of amides is 1. The summed E-state index contributed by atoms with van der Waals surface area (Å²) in [7, 11) is 0. The summed E-state index contributed by atoms with van der Waals surface area (Å²) in [6.07, 6.45) is 3.29. The maximum absolute atomic E-state index is 13.1. The zero-order valence-electron chi connectivity index (χ0n) is 16.8. The number of carbonyl (C=O) groups is 1. The van der Waals surface area contributed by atoms with E-state index in [4.69, 9.17) is 4.74 Å². The molecule has 0 saturated carbocycles. The van der Waals surface area contributed by atoms with Gasteiger partial charge in [0.2, 0.25) is 0 Å². The number of ether oxygens (including phenoxy) is 1. The highest BCUT2D eigenvalue weighted by molar-refractivity contribution is 5.93. The first-order valence-electron chi connectivity index (χ1n) is 10.3. The van der Waals surface area contributed by atoms with Gasteiger partial charge in [-0.3, -0.25) is 14.9 Å². The van der Waals surface area contributed by atoms with Gasteiger partial charge in [-0.1, -0.05) is 18.2 Å². The number of piperidine rings is 1. The molecule has 31 heavy (non-hydrogen) atoms. The zero-order chi connectivity index (χ0) is 21.2. The van der Waals surface area contributed by atoms with E-state index in [0.29, 0.717) is 24.5 Å². The number of fused-ring (bicyclic) bond motifs is 1. The molecule has 0 radical (unpaired) electrons. The van der Waals surface area contributed by atoms with Crippen LogP contribution in [0, 0.1) is 5.82 Å². The first-order chi connectivity index (χ1) is 15.2. The van der Waals surface area contributed by atoms with Gasteiger partial charge in [0.05, 0.1) is 5.69 Å². The highest BCUT2D eigenvalue weighted by Gasteiger charge is 2.26. The number of nitrogens with zero attached hydrogens (tertiary/aromatic N) is 3. The Morgan fingerprint density at radius 2 is 1.84 bits per heavy atom. The number of benzene rings is 2. The summed E-state index contributed by atoms with van der Waals surface area (Å²) in [5.74, 6) is 0.381. The summed E-state index contributed by atoms with van der Waals surface area (Å²) in [6.45, 7) is 1.21. The maximum atomic E-state index is 13.1. The lowest BCUT2D eigenvalue weighted by Gasteiger charge is -2.32. The Kier molecular flexibility index (Phi) is 5.08. The Labute approximate surface area is 178 Å². The molecule has 1 aliphatic heterocycles. The Bertz CT molecular complexity index is 1210. The van der Waals surface area contributed by atoms with Crippen molar-refractivity contribution in [2.75, 3.05) is 13.1 Å². The van der Waals surface area contributed by atoms with Crippen molar-refractivity contribution in [3.63, 3.8) is 0 Å². The lowest BCUT2D eigenvalue weighted by molar-refractivity contribution is 0.0592. The second kappa shape index (κ2) is 8.18. The summed E-state index contributed by atoms with van der Waals surface area (Å²) >= 11 is 0. The molecule has 1 saturated heterocycles. The van der Waals surface area contributed by atoms with Gasteiger partial charge >= 0.3 is 0 Å². The summed E-state index contributed by atoms with van der Waals surface area (Å²) in [5.41, 5.74) is 2.66. The van der Waals surface area contributed by atoms with Crippen molar-refractivity contribution in [2.45, 2.75) is 18.9 Å². The molecule has 6 nitrogen and oxygen atoms in total. The third kappa shape index (κ3) is 3.99. The van der Waals surface area contributed by atoms with Crippen molar-refractivity contribution in [3.05, 3.63) is 78.4 Å². The summed E-state index contributed by atoms with van der Waals surface area (Å²) in [4.78, 5) is 19.1. The number of likely N-dealkylation sites (tertiary alicyclic amines) is 1. The van der Waals surface area contributed by atoms with Crippen molar-refractivity contribution in [3.8, 4) is 17.0 Å². The SMILES string of the molecule is O=C(c1cc(-c2ccc(F)cc2)n[nH]1)N1CCC(Oc2cccc3cccnc23)CC1. The van der Waals surface area contributed by atoms with Gasteiger partial charge in [-0.05, 0) is 42.5 Å². The Morgan fingerprint density at radius 3 is 2.65 bits per heavy atom. The quantitative estimate of drug-likeness (QED) is 0.534. The molecule has 0 aliphatic carbocycles. The average Bonchev–Trinajstić information content (AvgIpc) is 3.30. The number of pyridine rings is 1. The van der Waals surface area contributed by atoms with Gasteiger partial charge in [0.25, 0.3) is 5.91 Å². The summed E-state index contributed by atoms with van der Waals surface area (Å²) in [5, 5.41) is 8.06. The predicted octanol–water partition coefficient (Wildman–Crippen LogP) is 4.45. The standard InChI is InChI=1S/C24H21FN4O2/c25-18-8-6-16(7-9-18)20-15-21(28-27-20)24(30)29-13-10-19(11-14-29)31-22-5-1-3-17-4-2-12-26-23(17)22/h1-9,12,15,19H,10-11,13-14H2,(H,27,28). The van der Waals surface area contributed by atoms with Crippen LogP contribution in [0.3, 0.4) is 0 Å². The highest BCUT2D eigenvalue weighted by Crippen LogP contribution is 2.27. The number of carbonyl (C=O) groups excluding carboxylic acids is 1. The monoisotopic (exact) mass is 416 g/mol. The molecule has 3 heterocycles. The first-order valence-corrected chi connectivity index (χ1v) is 10.3. The molecule has 7 heteroatoms. The van der Waals surface area contributed by atoms with Gasteiger partial charge in [0.15, 0.2) is 0 Å². The molecular formula is C24H21FN4O2. The van der Waals surface area contributed by atoms with Gasteiger partial charge in [-0.25, -0.2) is 4.39 Å². The number of hydrogen-bond acceptors (Lipinski definition) is 4. The Morgan fingerprint density at radius 1 is 1.06 bits per heavy atom. The number of rotatable bonds is 4. The van der Waals surface area contributed by atoms with Crippen molar-refractivity contribution in [1.29, 1.82) is 0 Å². The van der Waals surface area contributed by atoms with Crippen LogP contribution < -0.4 is 4.74 Å². The van der Waals surface area contributed by atoms with E-state index in [2.05, 4.69) is 15.2 Å². The summed E-state index contributed by atoms with van der Waals surface area (Å²) in [6, 6.07) is 17.6. The second-order valence-electron chi connectivity index (χ2n) is 7.61. The number of aromatic amines is 1. The predicted molar refractivity (Wildman–Crippen MR) is 115 cm³/mol. The second-order valence-corrected chi connectivity index (χ2v) is 7.61. The van der Waals surface area contributed by atoms with Crippen molar-refractivity contribution in [1.82, 2.24) is 20.1 Å². The fraction of sp³-hybridized carbons (Fsp3) is 0.208. The third-order valence-electron chi connectivity index (χ3n) is 5.57. The van der Waals surface area contributed by atoms with Crippen LogP contribution in [0.1, 0.15) is 23.3 Å². The van der Waals surface area contributed by atoms with Gasteiger partial charge in [-0.15, -0.1) is 0 Å². The minimum atomic E-state index is -0.306. The largest absolute Gasteiger partial charge is 0.488 e. The zero-order valence-corrected chi connectivity index (χ0v) is 16.8. The molecule has 1 N–H and O–H groups in total. The molecular weight excluding hydrogens is 395 g/mol. The molecule has 4 aromatic rings. The van der Waals surface area contributed by atoms with Crippen molar-refractivity contribution >= 4 is 16.8 Å². The van der Waals surface area contributed by atoms with E-state index in [1.807, 2.05) is 35.2 Å². The van der Waals surface area contributed by atoms with Crippen LogP contribution in [-0.4, -0.2) is 45.2 Å². The van der Waals surface area contributed by atoms with E-state index >= 15 is 0 Å². The van der Waals surface area contributed by atoms with Crippen LogP contribution in [0.5, 0.6) is 5.75 Å². The molecule has 1 aliphatic rings. The van der Waals surface area contributed by atoms with E-state index in [1.165, 1.54) is 12.1 Å². The van der Waals surface area contributed by atoms with E-state index in [-0.39, 0.29) is 17.8 Å². The smallest absolute Gasteiger partial charge is 0.271 e. The van der Waals surface area contributed by atoms with E-state index < -0.39 is 0 Å². The molecule has 1 fully saturated rings. The number of aromatic nitrogens is 3. The molecule has 0 spiro atoms. The van der Waals surface area contributed by atoms with Gasteiger partial charge in [0.1, 0.15) is 28.9 Å². The van der Waals surface area contributed by atoms with E-state index in [0.717, 1.165) is 35.1 Å². The third-order valence-corrected chi connectivity index (χ3v) is 5.57. The van der Waals surface area contributed by atoms with Crippen molar-refractivity contribution < 1.29 is 13.9 Å². The van der Waals surface area contributed by atoms with Crippen LogP contribution >= 0.6 is 0 Å². The molecule has 5 rings (SSSR count). The van der Waals surface area contributed by atoms with E-state index in [9.17, 15) is 9.18 Å². The fourth-order valence-corrected chi connectivity index (χ4v) is 3.90. The fourth-order valence-electron chi connectivity index (χ4n) is 3.90. The van der Waals surface area contributed by atoms with Gasteiger partial charge in [-0.2, -0.15) is 5.10 Å². The van der Waals surface area contributed by atoms with Crippen molar-refractivity contribution in [2.24, 2.45) is 0 Å². The molecule has 156 valence electrons. The Hall–Kier alpha value is -3.74. The molecule has 2 aromatic carbocycles. The molecule has 1 amide bonds. The normalized spacial score (nSPS) is 14.7. The molecule has 0 atom stereocenters. The summed E-state index contributed by atoms with van der Waals surface area (Å²) < 4.78 is 19.3. The van der Waals surface area contributed by atoms with Crippen LogP contribution in [-0.2, 0) is 0 Å². The number of H-pyrrole nitrogens is 1. The minimum absolute atomic E-state index is 0.0354. The van der Waals surface area contributed by atoms with E-state index in [1.54, 1.807) is 24.4 Å². The van der Waals surface area contributed by atoms with Crippen LogP contribution in [0.25, 0.3) is 22.2 Å². The van der Waals surface area contributed by atoms with Crippen LogP contribution in [0.2, 0.25) is 0 Å². The lowest BCUT2D eigenvalue weighted by atomic mass is 10.1. The van der Waals surface area contributed by atoms with Gasteiger partial charge in [0, 0.05) is 43.1 Å². The number of para-hydroxylation sites is 1. The number of halogens is 1. The lowest BCUT2D eigenvalue weighted by Crippen LogP contribution is -2.42.